The molecule has 0 unspecified atom stereocenters. The molecule has 0 aliphatic carbocycles. The van der Waals surface area contributed by atoms with Gasteiger partial charge in [0.15, 0.2) is 0 Å². The van der Waals surface area contributed by atoms with Gasteiger partial charge in [-0.3, -0.25) is 0 Å². The molecule has 15 heteroatoms. The summed E-state index contributed by atoms with van der Waals surface area (Å²) in [4.78, 5) is 19.9. The van der Waals surface area contributed by atoms with Gasteiger partial charge >= 0.3 is 0 Å². The highest BCUT2D eigenvalue weighted by molar-refractivity contribution is 6.03. The van der Waals surface area contributed by atoms with E-state index in [0.717, 1.165) is 92.6 Å². The van der Waals surface area contributed by atoms with Gasteiger partial charge in [-0.15, -0.1) is 62.0 Å². The molecule has 7 rings (SSSR count). The van der Waals surface area contributed by atoms with Crippen LogP contribution in [-0.4, -0.2) is 72.5 Å². The number of benzene rings is 2. The van der Waals surface area contributed by atoms with Crippen LogP contribution in [0.1, 0.15) is 22.8 Å². The van der Waals surface area contributed by atoms with Gasteiger partial charge in [-0.05, 0) is 24.3 Å². The molecule has 0 saturated heterocycles. The van der Waals surface area contributed by atoms with E-state index in [9.17, 15) is 0 Å². The summed E-state index contributed by atoms with van der Waals surface area (Å²) in [7, 11) is 0. The number of aromatic nitrogens is 4. The monoisotopic (exact) mass is 796 g/mol. The van der Waals surface area contributed by atoms with Gasteiger partial charge in [0, 0.05) is 73.9 Å². The van der Waals surface area contributed by atoms with Gasteiger partial charge in [0.25, 0.3) is 0 Å². The largest absolute Gasteiger partial charge is 0.379 e. The average molecular weight is 799 g/mol. The van der Waals surface area contributed by atoms with E-state index >= 15 is 0 Å². The first-order valence-electron chi connectivity index (χ1n) is 16.2. The first-order chi connectivity index (χ1) is 22.8. The van der Waals surface area contributed by atoms with Crippen molar-refractivity contribution in [2.24, 2.45) is 0 Å². The van der Waals surface area contributed by atoms with E-state index in [1.807, 2.05) is 0 Å². The van der Waals surface area contributed by atoms with E-state index in [4.69, 9.17) is 29.4 Å². The maximum absolute atomic E-state index is 5.86. The molecule has 5 heterocycles. The van der Waals surface area contributed by atoms with Crippen molar-refractivity contribution in [1.82, 2.24) is 41.2 Å². The number of pyridine rings is 4. The minimum atomic E-state index is 0. The fraction of sp³-hybridized carbons (Fsp3) is 0.333. The zero-order valence-electron chi connectivity index (χ0n) is 28.1. The molecule has 0 spiro atoms. The first kappa shape index (κ1) is 44.5. The van der Waals surface area contributed by atoms with Crippen LogP contribution >= 0.6 is 62.0 Å². The Kier molecular flexibility index (Phi) is 19.5. The average Bonchev–Trinajstić information content (AvgIpc) is 3.09. The third-order valence-electron chi connectivity index (χ3n) is 8.19. The smallest absolute Gasteiger partial charge is 0.0968 e. The third-order valence-corrected chi connectivity index (χ3v) is 8.19. The molecule has 276 valence electrons. The lowest BCUT2D eigenvalue weighted by Gasteiger charge is -2.11. The van der Waals surface area contributed by atoms with Crippen LogP contribution in [0.5, 0.6) is 0 Å². The number of hydrogen-bond donors (Lipinski definition) is 4. The summed E-state index contributed by atoms with van der Waals surface area (Å²) >= 11 is 0. The molecule has 6 aromatic rings. The summed E-state index contributed by atoms with van der Waals surface area (Å²) < 4.78 is 11.7. The molecule has 0 fully saturated rings. The Bertz CT molecular complexity index is 1690. The molecule has 4 aromatic heterocycles. The Hall–Kier alpha value is -2.71. The maximum Gasteiger partial charge on any atom is 0.0968 e. The van der Waals surface area contributed by atoms with Crippen molar-refractivity contribution < 1.29 is 9.47 Å². The number of fused-ring (bicyclic) bond motifs is 4. The SMILES string of the molecule is Cl.Cl.Cl.Cl.Cl.c1cc2ccc3ccc4nc3c2nc1CNCCOCCNCc1ccc2ccc3ccc(nc3c2n1)CNCCOCCNC4. The number of ether oxygens (including phenoxy) is 2. The molecular formula is C36H45Cl5N8O2. The summed E-state index contributed by atoms with van der Waals surface area (Å²) in [6, 6.07) is 25.3. The molecule has 1 aliphatic heterocycles. The van der Waals surface area contributed by atoms with Gasteiger partial charge in [0.2, 0.25) is 0 Å². The molecule has 0 saturated carbocycles. The molecule has 8 bridgehead atoms. The van der Waals surface area contributed by atoms with Crippen molar-refractivity contribution in [1.29, 1.82) is 0 Å². The van der Waals surface area contributed by atoms with Crippen LogP contribution in [-0.2, 0) is 35.7 Å². The Labute approximate surface area is 329 Å². The number of rotatable bonds is 0. The number of nitrogens with one attached hydrogen (secondary N) is 4. The quantitative estimate of drug-likeness (QED) is 0.135. The lowest BCUT2D eigenvalue weighted by atomic mass is 10.1. The second-order valence-corrected chi connectivity index (χ2v) is 11.6. The molecule has 4 N–H and O–H groups in total. The Morgan fingerprint density at radius 2 is 0.549 bits per heavy atom. The highest BCUT2D eigenvalue weighted by Crippen LogP contribution is 2.24. The first-order valence-corrected chi connectivity index (χ1v) is 16.2. The molecule has 1 aliphatic rings. The Morgan fingerprint density at radius 3 is 0.784 bits per heavy atom. The second kappa shape index (κ2) is 22.4. The minimum absolute atomic E-state index is 0. The summed E-state index contributed by atoms with van der Waals surface area (Å²) in [6.45, 7) is 8.18. The molecule has 51 heavy (non-hydrogen) atoms. The van der Waals surface area contributed by atoms with Crippen molar-refractivity contribution in [2.45, 2.75) is 26.2 Å². The van der Waals surface area contributed by atoms with E-state index in [-0.39, 0.29) is 62.0 Å². The second-order valence-electron chi connectivity index (χ2n) is 11.6. The summed E-state index contributed by atoms with van der Waals surface area (Å²) in [6.07, 6.45) is 0. The normalized spacial score (nSPS) is 15.2. The third kappa shape index (κ3) is 11.6. The Morgan fingerprint density at radius 1 is 0.333 bits per heavy atom. The number of hydrogen-bond acceptors (Lipinski definition) is 10. The van der Waals surface area contributed by atoms with E-state index in [1.54, 1.807) is 0 Å². The molecule has 10 nitrogen and oxygen atoms in total. The van der Waals surface area contributed by atoms with E-state index in [0.29, 0.717) is 52.6 Å². The summed E-state index contributed by atoms with van der Waals surface area (Å²) in [5.41, 5.74) is 7.68. The topological polar surface area (TPSA) is 118 Å². The van der Waals surface area contributed by atoms with Crippen LogP contribution in [0.25, 0.3) is 43.6 Å². The Balaban J connectivity index is 0.00000180. The predicted molar refractivity (Wildman–Crippen MR) is 219 cm³/mol. The van der Waals surface area contributed by atoms with Gasteiger partial charge in [0.1, 0.15) is 0 Å². The fourth-order valence-corrected chi connectivity index (χ4v) is 5.74. The lowest BCUT2D eigenvalue weighted by Crippen LogP contribution is -2.24. The van der Waals surface area contributed by atoms with Crippen molar-refractivity contribution in [3.8, 4) is 0 Å². The van der Waals surface area contributed by atoms with Crippen molar-refractivity contribution in [3.05, 3.63) is 95.6 Å². The summed E-state index contributed by atoms with van der Waals surface area (Å²) in [5.74, 6) is 0. The van der Waals surface area contributed by atoms with Crippen LogP contribution < -0.4 is 21.3 Å². The maximum atomic E-state index is 5.86. The van der Waals surface area contributed by atoms with E-state index in [1.165, 1.54) is 0 Å². The summed E-state index contributed by atoms with van der Waals surface area (Å²) in [5, 5.41) is 18.2. The lowest BCUT2D eigenvalue weighted by molar-refractivity contribution is 0.137. The number of halogens is 5. The molecular weight excluding hydrogens is 754 g/mol. The van der Waals surface area contributed by atoms with Crippen molar-refractivity contribution in [2.75, 3.05) is 52.6 Å². The predicted octanol–water partition coefficient (Wildman–Crippen LogP) is 6.09. The van der Waals surface area contributed by atoms with Crippen molar-refractivity contribution in [3.63, 3.8) is 0 Å². The standard InChI is InChI=1S/C36H40N8O2.5ClH/c1-2-26-6-10-30-22-38-14-18-46-20-16-40-24-32-12-8-28-4-3-27-7-11-31(43-35(27)36(28)44-32)23-39-15-19-45-17-13-37-21-29-9-5-25(1)33(41-29)34(26)42-30;;;;;/h1-12,37-40H,13-24H2;5*1H. The molecule has 0 amide bonds. The van der Waals surface area contributed by atoms with E-state index < -0.39 is 0 Å². The van der Waals surface area contributed by atoms with Gasteiger partial charge in [-0.1, -0.05) is 48.5 Å². The van der Waals surface area contributed by atoms with Crippen molar-refractivity contribution >= 4 is 106 Å². The van der Waals surface area contributed by atoms with Crippen LogP contribution in [0.2, 0.25) is 0 Å². The van der Waals surface area contributed by atoms with Crippen LogP contribution in [0, 0.1) is 0 Å². The zero-order valence-corrected chi connectivity index (χ0v) is 32.1. The highest BCUT2D eigenvalue weighted by atomic mass is 35.5. The highest BCUT2D eigenvalue weighted by Gasteiger charge is 2.09. The molecule has 0 radical (unpaired) electrons. The minimum Gasteiger partial charge on any atom is -0.379 e. The zero-order chi connectivity index (χ0) is 31.0. The van der Waals surface area contributed by atoms with E-state index in [2.05, 4.69) is 94.1 Å². The van der Waals surface area contributed by atoms with Gasteiger partial charge < -0.3 is 30.7 Å². The molecule has 2 aromatic carbocycles. The van der Waals surface area contributed by atoms with Crippen LogP contribution in [0.15, 0.2) is 72.8 Å². The van der Waals surface area contributed by atoms with Crippen LogP contribution in [0.4, 0.5) is 0 Å². The van der Waals surface area contributed by atoms with Gasteiger partial charge in [0.05, 0.1) is 71.3 Å². The van der Waals surface area contributed by atoms with Gasteiger partial charge in [-0.2, -0.15) is 0 Å². The number of nitrogens with zero attached hydrogens (tertiary/aromatic N) is 4. The fourth-order valence-electron chi connectivity index (χ4n) is 5.74. The molecule has 0 atom stereocenters. The van der Waals surface area contributed by atoms with Gasteiger partial charge in [-0.25, -0.2) is 19.9 Å². The van der Waals surface area contributed by atoms with Crippen LogP contribution in [0.3, 0.4) is 0 Å².